The second kappa shape index (κ2) is 2.48. The lowest BCUT2D eigenvalue weighted by atomic mass is 10.2. The molecular formula is C8H6N2O3. The van der Waals surface area contributed by atoms with Crippen molar-refractivity contribution in [2.24, 2.45) is 0 Å². The van der Waals surface area contributed by atoms with E-state index in [2.05, 4.69) is 4.98 Å². The van der Waals surface area contributed by atoms with Crippen molar-refractivity contribution in [1.29, 1.82) is 0 Å². The van der Waals surface area contributed by atoms with Crippen LogP contribution in [0.15, 0.2) is 24.4 Å². The minimum absolute atomic E-state index is 0.00551. The Morgan fingerprint density at radius 1 is 1.38 bits per heavy atom. The van der Waals surface area contributed by atoms with Crippen molar-refractivity contribution in [2.45, 2.75) is 0 Å². The highest BCUT2D eigenvalue weighted by atomic mass is 16.6. The average Bonchev–Trinajstić information content (AvgIpc) is 2.48. The zero-order valence-corrected chi connectivity index (χ0v) is 6.52. The monoisotopic (exact) mass is 178 g/mol. The van der Waals surface area contributed by atoms with Crippen LogP contribution in [0.25, 0.3) is 10.8 Å². The van der Waals surface area contributed by atoms with E-state index in [1.54, 1.807) is 6.07 Å². The fraction of sp³-hybridized carbons (Fsp3) is 0. The number of aromatic amines is 1. The number of benzene rings is 1. The molecule has 1 heterocycles. The summed E-state index contributed by atoms with van der Waals surface area (Å²) in [6, 6.07) is 4.55. The van der Waals surface area contributed by atoms with Gasteiger partial charge in [-0.05, 0) is 6.07 Å². The van der Waals surface area contributed by atoms with Crippen LogP contribution in [0.4, 0.5) is 5.69 Å². The second-order valence-corrected chi connectivity index (χ2v) is 2.63. The highest BCUT2D eigenvalue weighted by Crippen LogP contribution is 2.30. The van der Waals surface area contributed by atoms with Gasteiger partial charge in [-0.25, -0.2) is 0 Å². The molecule has 5 heteroatoms. The number of nitrogens with zero attached hydrogens (tertiary/aromatic N) is 1. The van der Waals surface area contributed by atoms with E-state index in [1.807, 2.05) is 0 Å². The molecule has 0 bridgehead atoms. The number of aromatic hydroxyl groups is 1. The summed E-state index contributed by atoms with van der Waals surface area (Å²) in [4.78, 5) is 12.6. The summed E-state index contributed by atoms with van der Waals surface area (Å²) in [7, 11) is 0. The largest absolute Gasteiger partial charge is 0.494 e. The number of non-ortho nitro benzene ring substituents is 1. The van der Waals surface area contributed by atoms with Crippen LogP contribution in [0, 0.1) is 10.1 Å². The van der Waals surface area contributed by atoms with Crippen LogP contribution in [0.1, 0.15) is 0 Å². The van der Waals surface area contributed by atoms with Crippen molar-refractivity contribution >= 4 is 16.5 Å². The summed E-state index contributed by atoms with van der Waals surface area (Å²) in [5.41, 5.74) is -0.00551. The van der Waals surface area contributed by atoms with Crippen molar-refractivity contribution < 1.29 is 10.0 Å². The zero-order valence-electron chi connectivity index (χ0n) is 6.52. The van der Waals surface area contributed by atoms with Crippen LogP contribution in [-0.2, 0) is 0 Å². The molecule has 0 fully saturated rings. The molecule has 5 nitrogen and oxygen atoms in total. The first kappa shape index (κ1) is 7.60. The predicted octanol–water partition coefficient (Wildman–Crippen LogP) is 1.78. The van der Waals surface area contributed by atoms with Crippen LogP contribution < -0.4 is 0 Å². The molecule has 0 unspecified atom stereocenters. The Bertz CT molecular complexity index is 475. The van der Waals surface area contributed by atoms with Gasteiger partial charge in [0.05, 0.1) is 15.7 Å². The lowest BCUT2D eigenvalue weighted by Crippen LogP contribution is -1.86. The number of H-pyrrole nitrogens is 1. The fourth-order valence-electron chi connectivity index (χ4n) is 1.29. The quantitative estimate of drug-likeness (QED) is 0.516. The average molecular weight is 178 g/mol. The number of rotatable bonds is 1. The second-order valence-electron chi connectivity index (χ2n) is 2.63. The van der Waals surface area contributed by atoms with Crippen molar-refractivity contribution in [2.75, 3.05) is 0 Å². The molecule has 0 aliphatic heterocycles. The predicted molar refractivity (Wildman–Crippen MR) is 46.6 cm³/mol. The van der Waals surface area contributed by atoms with E-state index in [9.17, 15) is 15.2 Å². The third kappa shape index (κ3) is 1.01. The van der Waals surface area contributed by atoms with Crippen LogP contribution in [0.2, 0.25) is 0 Å². The number of nitro benzene ring substituents is 1. The van der Waals surface area contributed by atoms with E-state index in [0.717, 1.165) is 0 Å². The zero-order chi connectivity index (χ0) is 9.42. The van der Waals surface area contributed by atoms with Gasteiger partial charge >= 0.3 is 0 Å². The number of fused-ring (bicyclic) bond motifs is 1. The first-order valence-electron chi connectivity index (χ1n) is 3.63. The maximum Gasteiger partial charge on any atom is 0.278 e. The first-order valence-corrected chi connectivity index (χ1v) is 3.63. The normalized spacial score (nSPS) is 10.5. The molecule has 0 radical (unpaired) electrons. The highest BCUT2D eigenvalue weighted by molar-refractivity contribution is 5.94. The maximum absolute atomic E-state index is 10.5. The summed E-state index contributed by atoms with van der Waals surface area (Å²) < 4.78 is 0. The van der Waals surface area contributed by atoms with Crippen LogP contribution in [0.5, 0.6) is 5.88 Å². The molecule has 1 aromatic carbocycles. The number of nitro groups is 1. The topological polar surface area (TPSA) is 79.2 Å². The highest BCUT2D eigenvalue weighted by Gasteiger charge is 2.13. The molecule has 0 spiro atoms. The molecule has 0 atom stereocenters. The van der Waals surface area contributed by atoms with E-state index >= 15 is 0 Å². The Hall–Kier alpha value is -2.04. The Morgan fingerprint density at radius 2 is 2.15 bits per heavy atom. The van der Waals surface area contributed by atoms with E-state index in [4.69, 9.17) is 0 Å². The lowest BCUT2D eigenvalue weighted by Gasteiger charge is -1.92. The molecule has 0 amide bonds. The molecule has 0 aliphatic carbocycles. The van der Waals surface area contributed by atoms with E-state index < -0.39 is 4.92 Å². The standard InChI is InChI=1S/C8H6N2O3/c11-8-5-2-1-3-7(10(12)13)6(5)4-9-8/h1-4,9,11H. The molecule has 13 heavy (non-hydrogen) atoms. The fourth-order valence-corrected chi connectivity index (χ4v) is 1.29. The SMILES string of the molecule is O=[N+]([O-])c1cccc2c(O)[nH]cc12. The van der Waals surface area contributed by atoms with Gasteiger partial charge in [0.2, 0.25) is 0 Å². The maximum atomic E-state index is 10.5. The molecule has 2 aromatic rings. The molecule has 0 saturated heterocycles. The summed E-state index contributed by atoms with van der Waals surface area (Å²) in [6.07, 6.45) is 1.42. The van der Waals surface area contributed by atoms with Gasteiger partial charge in [0.25, 0.3) is 5.69 Å². The van der Waals surface area contributed by atoms with Crippen LogP contribution >= 0.6 is 0 Å². The van der Waals surface area contributed by atoms with Gasteiger partial charge in [-0.2, -0.15) is 0 Å². The summed E-state index contributed by atoms with van der Waals surface area (Å²) >= 11 is 0. The smallest absolute Gasteiger partial charge is 0.278 e. The van der Waals surface area contributed by atoms with Gasteiger partial charge in [-0.3, -0.25) is 10.1 Å². The molecule has 2 rings (SSSR count). The van der Waals surface area contributed by atoms with Gasteiger partial charge in [0.1, 0.15) is 0 Å². The van der Waals surface area contributed by atoms with Crippen molar-refractivity contribution in [3.05, 3.63) is 34.5 Å². The number of hydrogen-bond acceptors (Lipinski definition) is 3. The van der Waals surface area contributed by atoms with Crippen molar-refractivity contribution in [3.63, 3.8) is 0 Å². The van der Waals surface area contributed by atoms with Crippen LogP contribution in [-0.4, -0.2) is 15.0 Å². The van der Waals surface area contributed by atoms with E-state index in [-0.39, 0.29) is 11.6 Å². The Balaban J connectivity index is 2.84. The van der Waals surface area contributed by atoms with Gasteiger partial charge in [-0.15, -0.1) is 0 Å². The Kier molecular flexibility index (Phi) is 1.45. The minimum atomic E-state index is -0.477. The first-order chi connectivity index (χ1) is 6.20. The van der Waals surface area contributed by atoms with E-state index in [0.29, 0.717) is 10.8 Å². The molecule has 1 aromatic heterocycles. The third-order valence-corrected chi connectivity index (χ3v) is 1.89. The summed E-state index contributed by atoms with van der Waals surface area (Å²) in [6.45, 7) is 0. The third-order valence-electron chi connectivity index (χ3n) is 1.89. The van der Waals surface area contributed by atoms with Gasteiger partial charge < -0.3 is 10.1 Å². The van der Waals surface area contributed by atoms with Gasteiger partial charge in [-0.1, -0.05) is 6.07 Å². The lowest BCUT2D eigenvalue weighted by molar-refractivity contribution is -0.383. The molecule has 0 aliphatic rings. The van der Waals surface area contributed by atoms with Crippen LogP contribution in [0.3, 0.4) is 0 Å². The number of aromatic nitrogens is 1. The van der Waals surface area contributed by atoms with Gasteiger partial charge in [0, 0.05) is 12.3 Å². The molecule has 66 valence electrons. The van der Waals surface area contributed by atoms with E-state index in [1.165, 1.54) is 18.3 Å². The number of nitrogens with one attached hydrogen (secondary N) is 1. The molecule has 0 saturated carbocycles. The molecule has 2 N–H and O–H groups in total. The minimum Gasteiger partial charge on any atom is -0.494 e. The Morgan fingerprint density at radius 3 is 2.85 bits per heavy atom. The number of hydrogen-bond donors (Lipinski definition) is 2. The van der Waals surface area contributed by atoms with Gasteiger partial charge in [0.15, 0.2) is 5.88 Å². The van der Waals surface area contributed by atoms with Crippen molar-refractivity contribution in [1.82, 2.24) is 4.98 Å². The van der Waals surface area contributed by atoms with Crippen molar-refractivity contribution in [3.8, 4) is 5.88 Å². The molecular weight excluding hydrogens is 172 g/mol. The summed E-state index contributed by atoms with van der Waals surface area (Å²) in [5, 5.41) is 20.7. The Labute approximate surface area is 72.8 Å². The summed E-state index contributed by atoms with van der Waals surface area (Å²) in [5.74, 6) is -0.0429.